The van der Waals surface area contributed by atoms with Gasteiger partial charge in [-0.25, -0.2) is 4.79 Å². The molecule has 1 heterocycles. The maximum absolute atomic E-state index is 12.5. The van der Waals surface area contributed by atoms with Crippen molar-refractivity contribution in [3.8, 4) is 5.75 Å². The van der Waals surface area contributed by atoms with Crippen molar-refractivity contribution in [2.45, 2.75) is 13.5 Å². The molecule has 0 spiro atoms. The molecule has 0 radical (unpaired) electrons. The highest BCUT2D eigenvalue weighted by atomic mass is 16.5. The summed E-state index contributed by atoms with van der Waals surface area (Å²) < 4.78 is 5.41. The third-order valence-corrected chi connectivity index (χ3v) is 4.77. The molecule has 6 nitrogen and oxygen atoms in total. The standard InChI is InChI=1S/C21H25N3O3/c1-16(25)17-7-5-8-19(14-17)22-21(26)24-12-10-23(11-13-24)15-18-6-3-4-9-20(18)27-2/h3-9,14H,10-13,15H2,1-2H3,(H,22,26). The van der Waals surface area contributed by atoms with Crippen LogP contribution < -0.4 is 10.1 Å². The Morgan fingerprint density at radius 3 is 2.48 bits per heavy atom. The average Bonchev–Trinajstić information content (AvgIpc) is 2.69. The van der Waals surface area contributed by atoms with Gasteiger partial charge >= 0.3 is 6.03 Å². The van der Waals surface area contributed by atoms with Crippen molar-refractivity contribution in [2.75, 3.05) is 38.6 Å². The molecule has 0 atom stereocenters. The fourth-order valence-electron chi connectivity index (χ4n) is 3.20. The van der Waals surface area contributed by atoms with Crippen LogP contribution in [0.3, 0.4) is 0 Å². The van der Waals surface area contributed by atoms with E-state index in [4.69, 9.17) is 4.74 Å². The van der Waals surface area contributed by atoms with E-state index in [1.54, 1.807) is 36.3 Å². The number of methoxy groups -OCH3 is 1. The molecule has 2 aromatic carbocycles. The zero-order chi connectivity index (χ0) is 19.2. The molecule has 142 valence electrons. The average molecular weight is 367 g/mol. The summed E-state index contributed by atoms with van der Waals surface area (Å²) in [5.41, 5.74) is 2.39. The van der Waals surface area contributed by atoms with Crippen molar-refractivity contribution in [1.29, 1.82) is 0 Å². The number of nitrogens with zero attached hydrogens (tertiary/aromatic N) is 2. The number of piperazine rings is 1. The van der Waals surface area contributed by atoms with Crippen LogP contribution in [0.15, 0.2) is 48.5 Å². The largest absolute Gasteiger partial charge is 0.496 e. The summed E-state index contributed by atoms with van der Waals surface area (Å²) >= 11 is 0. The van der Waals surface area contributed by atoms with Crippen molar-refractivity contribution in [3.05, 3.63) is 59.7 Å². The fourth-order valence-corrected chi connectivity index (χ4v) is 3.20. The van der Waals surface area contributed by atoms with Crippen LogP contribution in [0.2, 0.25) is 0 Å². The molecule has 1 fully saturated rings. The lowest BCUT2D eigenvalue weighted by atomic mass is 10.1. The van der Waals surface area contributed by atoms with Gasteiger partial charge in [-0.15, -0.1) is 0 Å². The molecule has 27 heavy (non-hydrogen) atoms. The third kappa shape index (κ3) is 4.86. The van der Waals surface area contributed by atoms with Crippen molar-refractivity contribution < 1.29 is 14.3 Å². The molecule has 1 N–H and O–H groups in total. The maximum atomic E-state index is 12.5. The number of benzene rings is 2. The number of anilines is 1. The van der Waals surface area contributed by atoms with Crippen LogP contribution in [-0.4, -0.2) is 54.9 Å². The minimum atomic E-state index is -0.132. The Bertz CT molecular complexity index is 814. The van der Waals surface area contributed by atoms with E-state index < -0.39 is 0 Å². The van der Waals surface area contributed by atoms with Crippen LogP contribution in [0, 0.1) is 0 Å². The number of hydrogen-bond acceptors (Lipinski definition) is 4. The number of urea groups is 1. The monoisotopic (exact) mass is 367 g/mol. The molecular formula is C21H25N3O3. The number of Topliss-reactive ketones (excluding diaryl/α,β-unsaturated/α-hetero) is 1. The van der Waals surface area contributed by atoms with E-state index in [9.17, 15) is 9.59 Å². The van der Waals surface area contributed by atoms with Gasteiger partial charge in [0, 0.05) is 49.5 Å². The number of nitrogens with one attached hydrogen (secondary N) is 1. The minimum Gasteiger partial charge on any atom is -0.496 e. The van der Waals surface area contributed by atoms with Crippen molar-refractivity contribution >= 4 is 17.5 Å². The van der Waals surface area contributed by atoms with Gasteiger partial charge in [0.2, 0.25) is 0 Å². The summed E-state index contributed by atoms with van der Waals surface area (Å²) in [4.78, 5) is 28.1. The first kappa shape index (κ1) is 18.9. The smallest absolute Gasteiger partial charge is 0.321 e. The molecule has 0 aromatic heterocycles. The lowest BCUT2D eigenvalue weighted by Gasteiger charge is -2.34. The number of carbonyl (C=O) groups excluding carboxylic acids is 2. The Kier molecular flexibility index (Phi) is 6.08. The third-order valence-electron chi connectivity index (χ3n) is 4.77. The highest BCUT2D eigenvalue weighted by Crippen LogP contribution is 2.20. The summed E-state index contributed by atoms with van der Waals surface area (Å²) in [6, 6.07) is 14.9. The summed E-state index contributed by atoms with van der Waals surface area (Å²) in [6.45, 7) is 5.25. The predicted molar refractivity (Wildman–Crippen MR) is 105 cm³/mol. The second kappa shape index (κ2) is 8.68. The van der Waals surface area contributed by atoms with E-state index >= 15 is 0 Å². The van der Waals surface area contributed by atoms with Gasteiger partial charge in [0.25, 0.3) is 0 Å². The lowest BCUT2D eigenvalue weighted by molar-refractivity contribution is 0.101. The first-order valence-corrected chi connectivity index (χ1v) is 9.08. The summed E-state index contributed by atoms with van der Waals surface area (Å²) in [5.74, 6) is 0.874. The van der Waals surface area contributed by atoms with Gasteiger partial charge in [-0.2, -0.15) is 0 Å². The molecule has 1 aliphatic rings. The molecule has 1 aliphatic heterocycles. The van der Waals surface area contributed by atoms with Gasteiger partial charge in [0.1, 0.15) is 5.75 Å². The van der Waals surface area contributed by atoms with E-state index in [0.717, 1.165) is 30.9 Å². The molecule has 3 rings (SSSR count). The number of carbonyl (C=O) groups is 2. The normalized spacial score (nSPS) is 14.7. The zero-order valence-corrected chi connectivity index (χ0v) is 15.8. The van der Waals surface area contributed by atoms with Crippen LogP contribution >= 0.6 is 0 Å². The second-order valence-electron chi connectivity index (χ2n) is 6.64. The molecule has 0 unspecified atom stereocenters. The van der Waals surface area contributed by atoms with E-state index in [1.165, 1.54) is 6.92 Å². The molecule has 0 aliphatic carbocycles. The lowest BCUT2D eigenvalue weighted by Crippen LogP contribution is -2.49. The van der Waals surface area contributed by atoms with Crippen molar-refractivity contribution in [2.24, 2.45) is 0 Å². The molecule has 0 bridgehead atoms. The van der Waals surface area contributed by atoms with E-state index in [-0.39, 0.29) is 11.8 Å². The van der Waals surface area contributed by atoms with Gasteiger partial charge < -0.3 is 15.0 Å². The molecule has 2 aromatic rings. The number of para-hydroxylation sites is 1. The van der Waals surface area contributed by atoms with Gasteiger partial charge in [0.15, 0.2) is 5.78 Å². The minimum absolute atomic E-state index is 0.0175. The number of hydrogen-bond donors (Lipinski definition) is 1. The maximum Gasteiger partial charge on any atom is 0.321 e. The van der Waals surface area contributed by atoms with Crippen LogP contribution in [0.5, 0.6) is 5.75 Å². The van der Waals surface area contributed by atoms with Gasteiger partial charge in [-0.1, -0.05) is 30.3 Å². The highest BCUT2D eigenvalue weighted by Gasteiger charge is 2.22. The Labute approximate surface area is 159 Å². The molecule has 1 saturated heterocycles. The number of ether oxygens (including phenoxy) is 1. The Morgan fingerprint density at radius 2 is 1.78 bits per heavy atom. The summed E-state index contributed by atoms with van der Waals surface area (Å²) in [5, 5.41) is 2.89. The van der Waals surface area contributed by atoms with E-state index in [0.29, 0.717) is 24.3 Å². The van der Waals surface area contributed by atoms with E-state index in [1.807, 2.05) is 18.2 Å². The summed E-state index contributed by atoms with van der Waals surface area (Å²) in [6.07, 6.45) is 0. The van der Waals surface area contributed by atoms with Crippen molar-refractivity contribution in [1.82, 2.24) is 9.80 Å². The Balaban J connectivity index is 1.53. The second-order valence-corrected chi connectivity index (χ2v) is 6.64. The molecule has 2 amide bonds. The molecular weight excluding hydrogens is 342 g/mol. The number of rotatable bonds is 5. The van der Waals surface area contributed by atoms with E-state index in [2.05, 4.69) is 16.3 Å². The first-order chi connectivity index (χ1) is 13.1. The van der Waals surface area contributed by atoms with Crippen molar-refractivity contribution in [3.63, 3.8) is 0 Å². The van der Waals surface area contributed by atoms with Gasteiger partial charge in [0.05, 0.1) is 7.11 Å². The SMILES string of the molecule is COc1ccccc1CN1CCN(C(=O)Nc2cccc(C(C)=O)c2)CC1. The Morgan fingerprint density at radius 1 is 1.04 bits per heavy atom. The summed E-state index contributed by atoms with van der Waals surface area (Å²) in [7, 11) is 1.68. The van der Waals surface area contributed by atoms with Gasteiger partial charge in [-0.05, 0) is 25.1 Å². The molecule has 6 heteroatoms. The quantitative estimate of drug-likeness (QED) is 0.824. The number of ketones is 1. The fraction of sp³-hybridized carbons (Fsp3) is 0.333. The zero-order valence-electron chi connectivity index (χ0n) is 15.8. The number of amides is 2. The topological polar surface area (TPSA) is 61.9 Å². The molecule has 0 saturated carbocycles. The van der Waals surface area contributed by atoms with Crippen LogP contribution in [-0.2, 0) is 6.54 Å². The van der Waals surface area contributed by atoms with Crippen LogP contribution in [0.1, 0.15) is 22.8 Å². The van der Waals surface area contributed by atoms with Crippen LogP contribution in [0.25, 0.3) is 0 Å². The Hall–Kier alpha value is -2.86. The highest BCUT2D eigenvalue weighted by molar-refractivity contribution is 5.96. The van der Waals surface area contributed by atoms with Gasteiger partial charge in [-0.3, -0.25) is 9.69 Å². The predicted octanol–water partition coefficient (Wildman–Crippen LogP) is 3.25. The van der Waals surface area contributed by atoms with Crippen LogP contribution in [0.4, 0.5) is 10.5 Å². The first-order valence-electron chi connectivity index (χ1n) is 9.08.